The minimum atomic E-state index is -0.107. The second kappa shape index (κ2) is 6.33. The highest BCUT2D eigenvalue weighted by Gasteiger charge is 2.32. The summed E-state index contributed by atoms with van der Waals surface area (Å²) in [5.74, 6) is 0. The first kappa shape index (κ1) is 13.6. The number of nitrogens with zero attached hydrogens (tertiary/aromatic N) is 1. The number of methoxy groups -OCH3 is 1. The van der Waals surface area contributed by atoms with E-state index < -0.39 is 0 Å². The van der Waals surface area contributed by atoms with Gasteiger partial charge in [0, 0.05) is 18.2 Å². The summed E-state index contributed by atoms with van der Waals surface area (Å²) in [5, 5.41) is 6.83. The van der Waals surface area contributed by atoms with Crippen LogP contribution in [0.2, 0.25) is 0 Å². The van der Waals surface area contributed by atoms with Crippen molar-refractivity contribution >= 4 is 11.3 Å². The number of thiazole rings is 1. The van der Waals surface area contributed by atoms with Crippen LogP contribution in [-0.4, -0.2) is 25.2 Å². The maximum atomic E-state index is 5.36. The average Bonchev–Trinajstić information content (AvgIpc) is 2.72. The molecule has 0 aliphatic carbocycles. The number of hydrogen-bond donors (Lipinski definition) is 1. The van der Waals surface area contributed by atoms with Crippen molar-refractivity contribution in [3.8, 4) is 0 Å². The molecule has 92 valence electrons. The van der Waals surface area contributed by atoms with Crippen molar-refractivity contribution < 1.29 is 4.74 Å². The van der Waals surface area contributed by atoms with Crippen LogP contribution in [-0.2, 0) is 10.3 Å². The fourth-order valence-electron chi connectivity index (χ4n) is 1.75. The normalized spacial score (nSPS) is 15.0. The summed E-state index contributed by atoms with van der Waals surface area (Å²) in [6, 6.07) is 0. The highest BCUT2D eigenvalue weighted by Crippen LogP contribution is 2.28. The lowest BCUT2D eigenvalue weighted by Crippen LogP contribution is -2.46. The van der Waals surface area contributed by atoms with Gasteiger partial charge in [-0.3, -0.25) is 0 Å². The zero-order chi connectivity index (χ0) is 12.0. The summed E-state index contributed by atoms with van der Waals surface area (Å²) in [4.78, 5) is 4.60. The van der Waals surface area contributed by atoms with E-state index in [2.05, 4.69) is 29.5 Å². The van der Waals surface area contributed by atoms with Gasteiger partial charge in [0.1, 0.15) is 5.01 Å². The predicted molar refractivity (Wildman–Crippen MR) is 69.0 cm³/mol. The van der Waals surface area contributed by atoms with Crippen LogP contribution in [0, 0.1) is 6.92 Å². The van der Waals surface area contributed by atoms with Crippen LogP contribution in [0.15, 0.2) is 5.38 Å². The van der Waals surface area contributed by atoms with Gasteiger partial charge < -0.3 is 10.1 Å². The molecule has 16 heavy (non-hydrogen) atoms. The van der Waals surface area contributed by atoms with Crippen LogP contribution >= 0.6 is 11.3 Å². The van der Waals surface area contributed by atoms with E-state index in [1.54, 1.807) is 18.4 Å². The summed E-state index contributed by atoms with van der Waals surface area (Å²) < 4.78 is 5.36. The predicted octanol–water partition coefficient (Wildman–Crippen LogP) is 2.70. The number of rotatable bonds is 7. The molecular formula is C12H22N2OS. The molecule has 4 heteroatoms. The highest BCUT2D eigenvalue weighted by molar-refractivity contribution is 7.09. The zero-order valence-electron chi connectivity index (χ0n) is 10.7. The zero-order valence-corrected chi connectivity index (χ0v) is 11.5. The lowest BCUT2D eigenvalue weighted by atomic mass is 9.98. The minimum absolute atomic E-state index is 0.107. The van der Waals surface area contributed by atoms with Gasteiger partial charge in [-0.25, -0.2) is 4.98 Å². The Morgan fingerprint density at radius 2 is 2.25 bits per heavy atom. The Hall–Kier alpha value is -0.450. The molecule has 1 aromatic heterocycles. The van der Waals surface area contributed by atoms with E-state index in [1.165, 1.54) is 0 Å². The third-order valence-corrected chi connectivity index (χ3v) is 3.90. The van der Waals surface area contributed by atoms with Crippen LogP contribution in [0.4, 0.5) is 0 Å². The van der Waals surface area contributed by atoms with Gasteiger partial charge in [0.25, 0.3) is 0 Å². The first-order valence-corrected chi connectivity index (χ1v) is 6.73. The highest BCUT2D eigenvalue weighted by atomic mass is 32.1. The van der Waals surface area contributed by atoms with Crippen molar-refractivity contribution in [1.29, 1.82) is 0 Å². The molecule has 0 aromatic carbocycles. The fraction of sp³-hybridized carbons (Fsp3) is 0.750. The molecule has 0 aliphatic rings. The van der Waals surface area contributed by atoms with E-state index in [0.717, 1.165) is 30.1 Å². The lowest BCUT2D eigenvalue weighted by molar-refractivity contribution is 0.104. The molecule has 0 saturated carbocycles. The van der Waals surface area contributed by atoms with Crippen molar-refractivity contribution in [3.05, 3.63) is 16.1 Å². The van der Waals surface area contributed by atoms with Gasteiger partial charge in [-0.1, -0.05) is 13.8 Å². The first-order valence-electron chi connectivity index (χ1n) is 5.85. The third-order valence-electron chi connectivity index (χ3n) is 2.74. The number of hydrogen-bond acceptors (Lipinski definition) is 4. The molecule has 0 amide bonds. The Labute approximate surface area is 102 Å². The van der Waals surface area contributed by atoms with E-state index in [-0.39, 0.29) is 5.54 Å². The first-order chi connectivity index (χ1) is 7.68. The van der Waals surface area contributed by atoms with Gasteiger partial charge in [0.15, 0.2) is 0 Å². The van der Waals surface area contributed by atoms with Crippen molar-refractivity contribution in [2.75, 3.05) is 20.3 Å². The van der Waals surface area contributed by atoms with Gasteiger partial charge in [0.2, 0.25) is 0 Å². The molecule has 0 saturated heterocycles. The molecule has 1 atom stereocenters. The van der Waals surface area contributed by atoms with Crippen LogP contribution in [0.1, 0.15) is 37.4 Å². The maximum Gasteiger partial charge on any atom is 0.115 e. The minimum Gasteiger partial charge on any atom is -0.382 e. The maximum absolute atomic E-state index is 5.36. The molecule has 0 spiro atoms. The Balaban J connectivity index is 2.91. The Bertz CT molecular complexity index is 314. The Morgan fingerprint density at radius 1 is 1.50 bits per heavy atom. The van der Waals surface area contributed by atoms with E-state index in [4.69, 9.17) is 4.74 Å². The van der Waals surface area contributed by atoms with Crippen molar-refractivity contribution in [3.63, 3.8) is 0 Å². The van der Waals surface area contributed by atoms with Crippen molar-refractivity contribution in [1.82, 2.24) is 10.3 Å². The monoisotopic (exact) mass is 242 g/mol. The molecular weight excluding hydrogens is 220 g/mol. The van der Waals surface area contributed by atoms with Crippen molar-refractivity contribution in [2.24, 2.45) is 0 Å². The molecule has 3 nitrogen and oxygen atoms in total. The molecule has 0 fully saturated rings. The smallest absolute Gasteiger partial charge is 0.115 e. The van der Waals surface area contributed by atoms with E-state index in [1.807, 2.05) is 6.92 Å². The lowest BCUT2D eigenvalue weighted by Gasteiger charge is -2.31. The molecule has 1 rings (SSSR count). The van der Waals surface area contributed by atoms with E-state index >= 15 is 0 Å². The van der Waals surface area contributed by atoms with Crippen LogP contribution in [0.3, 0.4) is 0 Å². The van der Waals surface area contributed by atoms with Gasteiger partial charge in [-0.2, -0.15) is 0 Å². The molecule has 1 N–H and O–H groups in total. The van der Waals surface area contributed by atoms with E-state index in [0.29, 0.717) is 6.61 Å². The number of aryl methyl sites for hydroxylation is 1. The van der Waals surface area contributed by atoms with Crippen LogP contribution < -0.4 is 5.32 Å². The fourth-order valence-corrected chi connectivity index (χ4v) is 2.78. The molecule has 0 bridgehead atoms. The summed E-state index contributed by atoms with van der Waals surface area (Å²) in [6.07, 6.45) is 2.11. The molecule has 1 aromatic rings. The van der Waals surface area contributed by atoms with Crippen LogP contribution in [0.5, 0.6) is 0 Å². The molecule has 0 aliphatic heterocycles. The van der Waals surface area contributed by atoms with Crippen LogP contribution in [0.25, 0.3) is 0 Å². The standard InChI is InChI=1S/C12H22N2OS/c1-5-7-13-12(6-2,9-15-4)11-14-10(3)8-16-11/h8,13H,5-7,9H2,1-4H3. The Kier molecular flexibility index (Phi) is 5.38. The Morgan fingerprint density at radius 3 is 2.69 bits per heavy atom. The summed E-state index contributed by atoms with van der Waals surface area (Å²) in [5.41, 5.74) is 0.983. The topological polar surface area (TPSA) is 34.1 Å². The van der Waals surface area contributed by atoms with Crippen molar-refractivity contribution in [2.45, 2.75) is 39.2 Å². The van der Waals surface area contributed by atoms with E-state index in [9.17, 15) is 0 Å². The largest absolute Gasteiger partial charge is 0.382 e. The number of ether oxygens (including phenoxy) is 1. The average molecular weight is 242 g/mol. The summed E-state index contributed by atoms with van der Waals surface area (Å²) in [7, 11) is 1.75. The van der Waals surface area contributed by atoms with Gasteiger partial charge in [0.05, 0.1) is 12.1 Å². The van der Waals surface area contributed by atoms with Gasteiger partial charge >= 0.3 is 0 Å². The molecule has 1 unspecified atom stereocenters. The van der Waals surface area contributed by atoms with Gasteiger partial charge in [-0.15, -0.1) is 11.3 Å². The summed E-state index contributed by atoms with van der Waals surface area (Å²) in [6.45, 7) is 8.06. The van der Waals surface area contributed by atoms with Gasteiger partial charge in [-0.05, 0) is 26.3 Å². The second-order valence-corrected chi connectivity index (χ2v) is 4.95. The molecule has 0 radical (unpaired) electrons. The third kappa shape index (κ3) is 3.03. The quantitative estimate of drug-likeness (QED) is 0.798. The second-order valence-electron chi connectivity index (χ2n) is 4.09. The SMILES string of the molecule is CCCNC(CC)(COC)c1nc(C)cs1. The summed E-state index contributed by atoms with van der Waals surface area (Å²) >= 11 is 1.72. The number of nitrogens with one attached hydrogen (secondary N) is 1. The number of aromatic nitrogens is 1. The molecule has 1 heterocycles.